The molecular formula is C29H37N3OS. The Balaban J connectivity index is 1.16. The van der Waals surface area contributed by atoms with Gasteiger partial charge in [-0.15, -0.1) is 11.3 Å². The van der Waals surface area contributed by atoms with Crippen molar-refractivity contribution in [3.8, 4) is 11.5 Å². The monoisotopic (exact) mass is 475 g/mol. The maximum atomic E-state index is 5.52. The molecular weight excluding hydrogens is 438 g/mol. The summed E-state index contributed by atoms with van der Waals surface area (Å²) in [6.07, 6.45) is 12.8. The molecule has 5 heteroatoms. The number of fused-ring (bicyclic) bond motifs is 1. The van der Waals surface area contributed by atoms with E-state index in [2.05, 4.69) is 76.3 Å². The molecule has 0 fully saturated rings. The van der Waals surface area contributed by atoms with Gasteiger partial charge in [-0.05, 0) is 46.5 Å². The normalized spacial score (nSPS) is 11.4. The Morgan fingerprint density at radius 3 is 2.35 bits per heavy atom. The van der Waals surface area contributed by atoms with Crippen LogP contribution in [-0.4, -0.2) is 10.1 Å². The van der Waals surface area contributed by atoms with Crippen LogP contribution < -0.4 is 5.32 Å². The number of thiophene rings is 1. The van der Waals surface area contributed by atoms with E-state index in [4.69, 9.17) is 4.52 Å². The molecule has 0 unspecified atom stereocenters. The number of rotatable bonds is 15. The maximum Gasteiger partial charge on any atom is 0.257 e. The van der Waals surface area contributed by atoms with Gasteiger partial charge in [-0.3, -0.25) is 0 Å². The SMILES string of the molecule is CCCCCCCCCCCc1noc(-c2ccc(CNCc3csc4ccccc34)cc2)n1. The number of nitrogens with zero attached hydrogens (tertiary/aromatic N) is 2. The smallest absolute Gasteiger partial charge is 0.257 e. The second-order valence-corrected chi connectivity index (χ2v) is 10.1. The van der Waals surface area contributed by atoms with Crippen LogP contribution in [0.4, 0.5) is 0 Å². The van der Waals surface area contributed by atoms with Crippen molar-refractivity contribution >= 4 is 21.4 Å². The molecule has 4 aromatic rings. The number of aryl methyl sites for hydroxylation is 1. The van der Waals surface area contributed by atoms with Gasteiger partial charge in [-0.1, -0.05) is 93.8 Å². The predicted octanol–water partition coefficient (Wildman–Crippen LogP) is 8.31. The van der Waals surface area contributed by atoms with Gasteiger partial charge in [0.25, 0.3) is 5.89 Å². The maximum absolute atomic E-state index is 5.52. The van der Waals surface area contributed by atoms with E-state index in [0.717, 1.165) is 37.3 Å². The van der Waals surface area contributed by atoms with E-state index in [1.54, 1.807) is 0 Å². The van der Waals surface area contributed by atoms with Gasteiger partial charge in [0.1, 0.15) is 0 Å². The number of hydrogen-bond donors (Lipinski definition) is 1. The van der Waals surface area contributed by atoms with E-state index in [0.29, 0.717) is 5.89 Å². The number of hydrogen-bond acceptors (Lipinski definition) is 5. The van der Waals surface area contributed by atoms with E-state index in [-0.39, 0.29) is 0 Å². The van der Waals surface area contributed by atoms with Crippen LogP contribution in [-0.2, 0) is 19.5 Å². The van der Waals surface area contributed by atoms with Crippen LogP contribution in [0, 0.1) is 0 Å². The van der Waals surface area contributed by atoms with Gasteiger partial charge in [0.05, 0.1) is 0 Å². The number of nitrogens with one attached hydrogen (secondary N) is 1. The minimum absolute atomic E-state index is 0.621. The van der Waals surface area contributed by atoms with E-state index < -0.39 is 0 Å². The summed E-state index contributed by atoms with van der Waals surface area (Å²) in [4.78, 5) is 4.61. The fraction of sp³-hybridized carbons (Fsp3) is 0.448. The van der Waals surface area contributed by atoms with Crippen LogP contribution in [0.2, 0.25) is 0 Å². The quantitative estimate of drug-likeness (QED) is 0.176. The van der Waals surface area contributed by atoms with Crippen molar-refractivity contribution in [1.29, 1.82) is 0 Å². The standard InChI is InChI=1S/C29H37N3OS/c1-2-3-4-5-6-7-8-9-10-15-28-31-29(33-32-28)24-18-16-23(17-19-24)20-30-21-25-22-34-27-14-12-11-13-26(25)27/h11-14,16-19,22,30H,2-10,15,20-21H2,1H3. The van der Waals surface area contributed by atoms with Gasteiger partial charge in [-0.25, -0.2) is 0 Å². The fourth-order valence-electron chi connectivity index (χ4n) is 4.34. The van der Waals surface area contributed by atoms with Crippen molar-refractivity contribution in [2.45, 2.75) is 84.2 Å². The Morgan fingerprint density at radius 2 is 1.56 bits per heavy atom. The molecule has 180 valence electrons. The van der Waals surface area contributed by atoms with Crippen molar-refractivity contribution in [2.75, 3.05) is 0 Å². The second kappa shape index (κ2) is 13.4. The van der Waals surface area contributed by atoms with Crippen molar-refractivity contribution in [1.82, 2.24) is 15.5 Å². The molecule has 0 spiro atoms. The lowest BCUT2D eigenvalue weighted by molar-refractivity contribution is 0.421. The van der Waals surface area contributed by atoms with Gasteiger partial charge < -0.3 is 9.84 Å². The first kappa shape index (κ1) is 24.6. The van der Waals surface area contributed by atoms with Gasteiger partial charge in [-0.2, -0.15) is 4.98 Å². The summed E-state index contributed by atoms with van der Waals surface area (Å²) >= 11 is 1.81. The zero-order valence-electron chi connectivity index (χ0n) is 20.4. The second-order valence-electron chi connectivity index (χ2n) is 9.15. The lowest BCUT2D eigenvalue weighted by Gasteiger charge is -2.05. The molecule has 0 aliphatic carbocycles. The van der Waals surface area contributed by atoms with E-state index in [9.17, 15) is 0 Å². The Bertz CT molecular complexity index is 1120. The minimum Gasteiger partial charge on any atom is -0.334 e. The summed E-state index contributed by atoms with van der Waals surface area (Å²) in [6.45, 7) is 3.97. The van der Waals surface area contributed by atoms with Crippen LogP contribution in [0.5, 0.6) is 0 Å². The molecule has 34 heavy (non-hydrogen) atoms. The summed E-state index contributed by atoms with van der Waals surface area (Å²) in [7, 11) is 0. The molecule has 0 saturated heterocycles. The van der Waals surface area contributed by atoms with Gasteiger partial charge in [0.2, 0.25) is 0 Å². The molecule has 2 aromatic carbocycles. The third-order valence-electron chi connectivity index (χ3n) is 6.38. The molecule has 4 nitrogen and oxygen atoms in total. The van der Waals surface area contributed by atoms with E-state index in [1.807, 2.05) is 11.3 Å². The Hall–Kier alpha value is -2.50. The Morgan fingerprint density at radius 1 is 0.824 bits per heavy atom. The zero-order chi connectivity index (χ0) is 23.4. The first-order valence-corrected chi connectivity index (χ1v) is 13.8. The summed E-state index contributed by atoms with van der Waals surface area (Å²) in [5.41, 5.74) is 3.60. The van der Waals surface area contributed by atoms with Crippen LogP contribution in [0.3, 0.4) is 0 Å². The first-order chi connectivity index (χ1) is 16.8. The molecule has 4 rings (SSSR count). The predicted molar refractivity (Wildman–Crippen MR) is 143 cm³/mol. The highest BCUT2D eigenvalue weighted by Gasteiger charge is 2.09. The third-order valence-corrected chi connectivity index (χ3v) is 7.39. The van der Waals surface area contributed by atoms with Crippen LogP contribution in [0.15, 0.2) is 58.4 Å². The summed E-state index contributed by atoms with van der Waals surface area (Å²) in [5.74, 6) is 1.45. The van der Waals surface area contributed by atoms with Crippen molar-refractivity contribution in [3.05, 3.63) is 70.9 Å². The lowest BCUT2D eigenvalue weighted by Crippen LogP contribution is -2.12. The largest absolute Gasteiger partial charge is 0.334 e. The Kier molecular flexibility index (Phi) is 9.71. The van der Waals surface area contributed by atoms with Crippen molar-refractivity contribution in [2.24, 2.45) is 0 Å². The van der Waals surface area contributed by atoms with Crippen molar-refractivity contribution < 1.29 is 4.52 Å². The lowest BCUT2D eigenvalue weighted by atomic mass is 10.1. The highest BCUT2D eigenvalue weighted by molar-refractivity contribution is 7.17. The first-order valence-electron chi connectivity index (χ1n) is 12.9. The molecule has 0 radical (unpaired) electrons. The fourth-order valence-corrected chi connectivity index (χ4v) is 5.31. The molecule has 2 aromatic heterocycles. The molecule has 0 bridgehead atoms. The molecule has 0 amide bonds. The van der Waals surface area contributed by atoms with Crippen LogP contribution >= 0.6 is 11.3 Å². The highest BCUT2D eigenvalue weighted by atomic mass is 32.1. The molecule has 0 saturated carbocycles. The average molecular weight is 476 g/mol. The average Bonchev–Trinajstić information content (AvgIpc) is 3.51. The molecule has 0 aliphatic rings. The molecule has 2 heterocycles. The number of unbranched alkanes of at least 4 members (excludes halogenated alkanes) is 8. The van der Waals surface area contributed by atoms with Gasteiger partial charge in [0, 0.05) is 29.8 Å². The van der Waals surface area contributed by atoms with Gasteiger partial charge in [0.15, 0.2) is 5.82 Å². The topological polar surface area (TPSA) is 51.0 Å². The van der Waals surface area contributed by atoms with E-state index in [1.165, 1.54) is 72.6 Å². The minimum atomic E-state index is 0.621. The molecule has 0 aliphatic heterocycles. The summed E-state index contributed by atoms with van der Waals surface area (Å²) < 4.78 is 6.87. The van der Waals surface area contributed by atoms with Crippen molar-refractivity contribution in [3.63, 3.8) is 0 Å². The zero-order valence-corrected chi connectivity index (χ0v) is 21.2. The highest BCUT2D eigenvalue weighted by Crippen LogP contribution is 2.25. The number of benzene rings is 2. The van der Waals surface area contributed by atoms with Gasteiger partial charge >= 0.3 is 0 Å². The molecule has 0 atom stereocenters. The summed E-state index contributed by atoms with van der Waals surface area (Å²) in [6, 6.07) is 17.0. The van der Waals surface area contributed by atoms with Crippen LogP contribution in [0.25, 0.3) is 21.5 Å². The Labute approximate surface area is 207 Å². The number of aromatic nitrogens is 2. The third kappa shape index (κ3) is 7.25. The molecule has 1 N–H and O–H groups in total. The summed E-state index contributed by atoms with van der Waals surface area (Å²) in [5, 5.41) is 11.4. The van der Waals surface area contributed by atoms with E-state index >= 15 is 0 Å². The van der Waals surface area contributed by atoms with Crippen LogP contribution in [0.1, 0.15) is 81.7 Å².